The molecule has 0 aliphatic rings. The third-order valence-corrected chi connectivity index (χ3v) is 5.48. The van der Waals surface area contributed by atoms with Gasteiger partial charge in [-0.05, 0) is 55.3 Å². The number of imidazole rings is 1. The van der Waals surface area contributed by atoms with Crippen LogP contribution in [0.4, 0.5) is 4.39 Å². The molecule has 31 heavy (non-hydrogen) atoms. The quantitative estimate of drug-likeness (QED) is 0.376. The van der Waals surface area contributed by atoms with Crippen LogP contribution in [0.5, 0.6) is 0 Å². The maximum absolute atomic E-state index is 13.9. The highest BCUT2D eigenvalue weighted by Gasteiger charge is 2.22. The number of nitrogens with zero attached hydrogens (tertiary/aromatic N) is 3. The second-order valence-electron chi connectivity index (χ2n) is 7.73. The predicted octanol–water partition coefficient (Wildman–Crippen LogP) is 5.92. The van der Waals surface area contributed by atoms with Gasteiger partial charge < -0.3 is 4.90 Å². The number of halogens is 1. The van der Waals surface area contributed by atoms with Crippen LogP contribution in [0.1, 0.15) is 41.5 Å². The first-order valence-electron chi connectivity index (χ1n) is 10.7. The van der Waals surface area contributed by atoms with Crippen LogP contribution in [0, 0.1) is 12.7 Å². The van der Waals surface area contributed by atoms with Crippen molar-refractivity contribution in [2.45, 2.75) is 33.2 Å². The minimum absolute atomic E-state index is 0.169. The molecule has 4 rings (SSSR count). The summed E-state index contributed by atoms with van der Waals surface area (Å²) in [5.74, 6) is 0.212. The average Bonchev–Trinajstić information content (AvgIpc) is 3.16. The molecule has 4 nitrogen and oxygen atoms in total. The standard InChI is InChI=1S/C26H26FN3O/c1-3-4-16-29(26(31)22-17-20(27)15-14-19(22)2)18-25-28-23-12-8-9-13-24(23)30(25)21-10-6-5-7-11-21/h5-15,17H,3-4,16,18H2,1-2H3. The summed E-state index contributed by atoms with van der Waals surface area (Å²) >= 11 is 0. The van der Waals surface area contributed by atoms with Crippen LogP contribution < -0.4 is 0 Å². The van der Waals surface area contributed by atoms with Gasteiger partial charge in [-0.3, -0.25) is 9.36 Å². The summed E-state index contributed by atoms with van der Waals surface area (Å²) in [7, 11) is 0. The van der Waals surface area contributed by atoms with Gasteiger partial charge in [-0.2, -0.15) is 0 Å². The van der Waals surface area contributed by atoms with Gasteiger partial charge in [-0.25, -0.2) is 9.37 Å². The zero-order chi connectivity index (χ0) is 21.8. The van der Waals surface area contributed by atoms with Crippen molar-refractivity contribution in [2.24, 2.45) is 0 Å². The lowest BCUT2D eigenvalue weighted by Gasteiger charge is -2.24. The number of carbonyl (C=O) groups excluding carboxylic acids is 1. The molecular weight excluding hydrogens is 389 g/mol. The molecule has 0 saturated carbocycles. The van der Waals surface area contributed by atoms with E-state index in [1.54, 1.807) is 11.0 Å². The van der Waals surface area contributed by atoms with Crippen molar-refractivity contribution in [3.63, 3.8) is 0 Å². The fraction of sp³-hybridized carbons (Fsp3) is 0.231. The number of unbranched alkanes of at least 4 members (excludes halogenated alkanes) is 1. The van der Waals surface area contributed by atoms with Gasteiger partial charge in [0.05, 0.1) is 17.6 Å². The summed E-state index contributed by atoms with van der Waals surface area (Å²) in [6, 6.07) is 22.4. The molecule has 3 aromatic carbocycles. The van der Waals surface area contributed by atoms with Crippen LogP contribution in [-0.2, 0) is 6.54 Å². The van der Waals surface area contributed by atoms with Gasteiger partial charge >= 0.3 is 0 Å². The minimum atomic E-state index is -0.402. The molecule has 0 radical (unpaired) electrons. The van der Waals surface area contributed by atoms with E-state index in [1.165, 1.54) is 12.1 Å². The van der Waals surface area contributed by atoms with Crippen molar-refractivity contribution in [3.8, 4) is 5.69 Å². The molecule has 4 aromatic rings. The Morgan fingerprint density at radius 2 is 1.77 bits per heavy atom. The van der Waals surface area contributed by atoms with Crippen LogP contribution in [0.3, 0.4) is 0 Å². The summed E-state index contributed by atoms with van der Waals surface area (Å²) in [5.41, 5.74) is 4.04. The predicted molar refractivity (Wildman–Crippen MR) is 122 cm³/mol. The Morgan fingerprint density at radius 3 is 2.55 bits per heavy atom. The summed E-state index contributed by atoms with van der Waals surface area (Å²) < 4.78 is 16.0. The van der Waals surface area contributed by atoms with E-state index in [1.807, 2.05) is 61.5 Å². The molecule has 0 atom stereocenters. The highest BCUT2D eigenvalue weighted by Crippen LogP contribution is 2.24. The zero-order valence-corrected chi connectivity index (χ0v) is 17.9. The van der Waals surface area contributed by atoms with E-state index in [4.69, 9.17) is 4.98 Å². The third-order valence-electron chi connectivity index (χ3n) is 5.48. The molecule has 0 aliphatic carbocycles. The topological polar surface area (TPSA) is 38.1 Å². The maximum atomic E-state index is 13.9. The van der Waals surface area contributed by atoms with Crippen molar-refractivity contribution >= 4 is 16.9 Å². The van der Waals surface area contributed by atoms with Crippen molar-refractivity contribution < 1.29 is 9.18 Å². The molecule has 158 valence electrons. The van der Waals surface area contributed by atoms with Gasteiger partial charge in [-0.15, -0.1) is 0 Å². The first-order chi connectivity index (χ1) is 15.1. The summed E-state index contributed by atoms with van der Waals surface area (Å²) in [4.78, 5) is 20.0. The number of rotatable bonds is 7. The van der Waals surface area contributed by atoms with E-state index in [0.29, 0.717) is 18.7 Å². The smallest absolute Gasteiger partial charge is 0.254 e. The Bertz CT molecular complexity index is 1200. The molecule has 0 bridgehead atoms. The lowest BCUT2D eigenvalue weighted by atomic mass is 10.1. The Labute approximate surface area is 182 Å². The first kappa shape index (κ1) is 20.8. The lowest BCUT2D eigenvalue weighted by molar-refractivity contribution is 0.0734. The highest BCUT2D eigenvalue weighted by atomic mass is 19.1. The van der Waals surface area contributed by atoms with Gasteiger partial charge in [0, 0.05) is 17.8 Å². The third kappa shape index (κ3) is 4.36. The largest absolute Gasteiger partial charge is 0.331 e. The summed E-state index contributed by atoms with van der Waals surface area (Å²) in [6.45, 7) is 4.86. The second-order valence-corrected chi connectivity index (χ2v) is 7.73. The molecule has 1 heterocycles. The molecule has 0 spiro atoms. The molecule has 0 unspecified atom stereocenters. The average molecular weight is 416 g/mol. The Hall–Kier alpha value is -3.47. The fourth-order valence-corrected chi connectivity index (χ4v) is 3.81. The monoisotopic (exact) mass is 415 g/mol. The summed E-state index contributed by atoms with van der Waals surface area (Å²) in [6.07, 6.45) is 1.83. The number of fused-ring (bicyclic) bond motifs is 1. The summed E-state index contributed by atoms with van der Waals surface area (Å²) in [5, 5.41) is 0. The van der Waals surface area contributed by atoms with E-state index < -0.39 is 5.82 Å². The van der Waals surface area contributed by atoms with Crippen LogP contribution >= 0.6 is 0 Å². The number of aryl methyl sites for hydroxylation is 1. The van der Waals surface area contributed by atoms with Crippen molar-refractivity contribution in [3.05, 3.63) is 95.6 Å². The SMILES string of the molecule is CCCCN(Cc1nc2ccccc2n1-c1ccccc1)C(=O)c1cc(F)ccc1C. The second kappa shape index (κ2) is 9.13. The Kier molecular flexibility index (Phi) is 6.12. The molecule has 1 aromatic heterocycles. The van der Waals surface area contributed by atoms with Crippen LogP contribution in [0.2, 0.25) is 0 Å². The number of amides is 1. The van der Waals surface area contributed by atoms with E-state index in [9.17, 15) is 9.18 Å². The van der Waals surface area contributed by atoms with Crippen molar-refractivity contribution in [1.29, 1.82) is 0 Å². The molecular formula is C26H26FN3O. The normalized spacial score (nSPS) is 11.1. The van der Waals surface area contributed by atoms with Crippen LogP contribution in [-0.4, -0.2) is 26.9 Å². The number of hydrogen-bond donors (Lipinski definition) is 0. The number of aromatic nitrogens is 2. The number of hydrogen-bond acceptors (Lipinski definition) is 2. The molecule has 1 amide bonds. The lowest BCUT2D eigenvalue weighted by Crippen LogP contribution is -2.33. The maximum Gasteiger partial charge on any atom is 0.254 e. The molecule has 0 N–H and O–H groups in total. The van der Waals surface area contributed by atoms with E-state index in [0.717, 1.165) is 41.0 Å². The number of benzene rings is 3. The van der Waals surface area contributed by atoms with Crippen LogP contribution in [0.15, 0.2) is 72.8 Å². The fourth-order valence-electron chi connectivity index (χ4n) is 3.81. The van der Waals surface area contributed by atoms with E-state index in [2.05, 4.69) is 11.5 Å². The Morgan fingerprint density at radius 1 is 1.03 bits per heavy atom. The number of carbonyl (C=O) groups is 1. The van der Waals surface area contributed by atoms with Gasteiger partial charge in [0.1, 0.15) is 11.6 Å². The molecule has 0 saturated heterocycles. The molecule has 0 fully saturated rings. The van der Waals surface area contributed by atoms with E-state index in [-0.39, 0.29) is 5.91 Å². The van der Waals surface area contributed by atoms with Crippen molar-refractivity contribution in [2.75, 3.05) is 6.54 Å². The first-order valence-corrected chi connectivity index (χ1v) is 10.7. The zero-order valence-electron chi connectivity index (χ0n) is 17.9. The van der Waals surface area contributed by atoms with Gasteiger partial charge in [0.15, 0.2) is 0 Å². The minimum Gasteiger partial charge on any atom is -0.331 e. The van der Waals surface area contributed by atoms with E-state index >= 15 is 0 Å². The van der Waals surface area contributed by atoms with Crippen LogP contribution in [0.25, 0.3) is 16.7 Å². The molecule has 0 aliphatic heterocycles. The highest BCUT2D eigenvalue weighted by molar-refractivity contribution is 5.95. The van der Waals surface area contributed by atoms with Crippen molar-refractivity contribution in [1.82, 2.24) is 14.5 Å². The van der Waals surface area contributed by atoms with Gasteiger partial charge in [-0.1, -0.05) is 49.7 Å². The van der Waals surface area contributed by atoms with Gasteiger partial charge in [0.2, 0.25) is 0 Å². The Balaban J connectivity index is 1.77. The van der Waals surface area contributed by atoms with Gasteiger partial charge in [0.25, 0.3) is 5.91 Å². The molecule has 5 heteroatoms. The number of para-hydroxylation sites is 3.